The monoisotopic (exact) mass is 1020 g/mol. The molecular formula is C51H84N4O17. The number of aliphatic hydroxyl groups excluding tert-OH is 2. The first-order valence-corrected chi connectivity index (χ1v) is 25.3. The van der Waals surface area contributed by atoms with E-state index in [0.29, 0.717) is 31.4 Å². The smallest absolute Gasteiger partial charge is 0.407 e. The molecule has 4 rings (SSSR count). The summed E-state index contributed by atoms with van der Waals surface area (Å²) >= 11 is 0. The standard InChI is InChI=1S/C51H84N4O17/c1-15-37-51(10,62)43(59)30(4)40(57)28(2)26-49(8,65-13)44(71-47-41(58)36(54(11)12)23-29(3)67-47)31(5)42(32(6)46(60)69-37)70-39-27-50(9,66-14)45(33(7)68-39)72-48(61)53-22-17-16-21-52-38(56)25-34-19-18-20-35(24-34)55(63)64/h18-20,24,28-33,36-37,39,41-45,47,58-59,62H,15-17,21-23,25-27H2,1-14H3,(H,52,56)(H,53,61)/t28-,29-,30-,31-,32-,33+,36+,37+,39+,41-,42+,43+,44?,45+,47+,49-,50-,51-/m1/s1. The van der Waals surface area contributed by atoms with Gasteiger partial charge in [0, 0.05) is 69.7 Å². The highest BCUT2D eigenvalue weighted by Gasteiger charge is 2.55. The molecule has 0 radical (unpaired) electrons. The molecule has 21 nitrogen and oxygen atoms in total. The van der Waals surface area contributed by atoms with Crippen molar-refractivity contribution in [2.75, 3.05) is 41.4 Å². The average Bonchev–Trinajstić information content (AvgIpc) is 3.32. The van der Waals surface area contributed by atoms with Crippen LogP contribution in [0, 0.1) is 33.8 Å². The SMILES string of the molecule is CC[C@@H]1OC(=O)[C@H](C)[C@@H](O[C@H]2C[C@@](C)(OC)[C@@H](OC(=O)NCCCCNC(=O)Cc3cccc([N+](=O)[O-])c3)[C@H](C)O2)[C@@H](C)C(O[C@@H]2O[C@H](C)C[C@H](N(C)C)[C@H]2O)[C@](C)(OC)C[C@@H](C)C(=O)[C@@H](C)[C@H](O)[C@]1(C)O. The summed E-state index contributed by atoms with van der Waals surface area (Å²) in [4.78, 5) is 66.8. The summed E-state index contributed by atoms with van der Waals surface area (Å²) in [5.74, 6) is -5.17. The minimum atomic E-state index is -2.03. The first-order chi connectivity index (χ1) is 33.6. The van der Waals surface area contributed by atoms with E-state index in [1.165, 1.54) is 46.3 Å². The van der Waals surface area contributed by atoms with Crippen molar-refractivity contribution in [1.29, 1.82) is 0 Å². The van der Waals surface area contributed by atoms with Crippen molar-refractivity contribution < 1.29 is 77.3 Å². The molecular weight excluding hydrogens is 941 g/mol. The molecule has 0 aliphatic carbocycles. The third-order valence-corrected chi connectivity index (χ3v) is 15.1. The molecule has 0 bridgehead atoms. The lowest BCUT2D eigenvalue weighted by Gasteiger charge is -2.50. The average molecular weight is 1030 g/mol. The number of amides is 2. The maximum Gasteiger partial charge on any atom is 0.407 e. The number of carbonyl (C=O) groups excluding carboxylic acids is 4. The van der Waals surface area contributed by atoms with Crippen molar-refractivity contribution in [3.63, 3.8) is 0 Å². The number of nitro benzene ring substituents is 1. The number of esters is 1. The normalized spacial score (nSPS) is 38.3. The number of aliphatic hydroxyl groups is 3. The van der Waals surface area contributed by atoms with Gasteiger partial charge in [-0.1, -0.05) is 39.8 Å². The Kier molecular flexibility index (Phi) is 21.9. The fraction of sp³-hybridized carbons (Fsp3) is 0.804. The number of ketones is 1. The zero-order chi connectivity index (χ0) is 54.0. The molecule has 72 heavy (non-hydrogen) atoms. The van der Waals surface area contributed by atoms with Crippen molar-refractivity contribution >= 4 is 29.4 Å². The van der Waals surface area contributed by atoms with Crippen LogP contribution in [0.1, 0.15) is 113 Å². The third-order valence-electron chi connectivity index (χ3n) is 15.1. The Morgan fingerprint density at radius 2 is 1.53 bits per heavy atom. The van der Waals surface area contributed by atoms with Gasteiger partial charge >= 0.3 is 12.1 Å². The van der Waals surface area contributed by atoms with E-state index in [1.807, 2.05) is 32.8 Å². The van der Waals surface area contributed by atoms with Crippen molar-refractivity contribution in [3.8, 4) is 0 Å². The van der Waals surface area contributed by atoms with Crippen molar-refractivity contribution in [2.24, 2.45) is 23.7 Å². The van der Waals surface area contributed by atoms with Crippen LogP contribution < -0.4 is 10.6 Å². The predicted molar refractivity (Wildman–Crippen MR) is 262 cm³/mol. The van der Waals surface area contributed by atoms with Crippen molar-refractivity contribution in [3.05, 3.63) is 39.9 Å². The summed E-state index contributed by atoms with van der Waals surface area (Å²) in [6, 6.07) is 5.55. The number of non-ortho nitro benzene ring substituents is 1. The molecule has 3 fully saturated rings. The molecule has 3 aliphatic rings. The molecule has 2 amide bonds. The number of nitrogens with one attached hydrogen (secondary N) is 2. The Balaban J connectivity index is 1.58. The number of nitro groups is 1. The Labute approximate surface area is 424 Å². The second kappa shape index (κ2) is 26.0. The quantitative estimate of drug-likeness (QED) is 0.0632. The molecule has 3 heterocycles. The van der Waals surface area contributed by atoms with Gasteiger partial charge < -0.3 is 68.7 Å². The number of likely N-dealkylation sites (N-methyl/N-ethyl adjacent to an activating group) is 1. The molecule has 1 unspecified atom stereocenters. The number of nitrogens with zero attached hydrogens (tertiary/aromatic N) is 2. The van der Waals surface area contributed by atoms with E-state index in [4.69, 9.17) is 37.9 Å². The fourth-order valence-corrected chi connectivity index (χ4v) is 10.6. The molecule has 3 aliphatic heterocycles. The lowest BCUT2D eigenvalue weighted by molar-refractivity contribution is -0.384. The number of ether oxygens (including phenoxy) is 8. The van der Waals surface area contributed by atoms with E-state index < -0.39 is 113 Å². The van der Waals surface area contributed by atoms with E-state index in [-0.39, 0.29) is 61.8 Å². The van der Waals surface area contributed by atoms with Gasteiger partial charge in [-0.3, -0.25) is 24.5 Å². The summed E-state index contributed by atoms with van der Waals surface area (Å²) < 4.78 is 50.9. The van der Waals surface area contributed by atoms with Crippen LogP contribution in [0.15, 0.2) is 24.3 Å². The van der Waals surface area contributed by atoms with Gasteiger partial charge in [0.2, 0.25) is 5.91 Å². The fourth-order valence-electron chi connectivity index (χ4n) is 10.6. The lowest BCUT2D eigenvalue weighted by Crippen LogP contribution is -2.62. The highest BCUT2D eigenvalue weighted by Crippen LogP contribution is 2.42. The maximum absolute atomic E-state index is 14.5. The molecule has 5 N–H and O–H groups in total. The van der Waals surface area contributed by atoms with Gasteiger partial charge in [0.15, 0.2) is 18.7 Å². The molecule has 410 valence electrons. The van der Waals surface area contributed by atoms with Crippen LogP contribution in [0.4, 0.5) is 10.5 Å². The highest BCUT2D eigenvalue weighted by atomic mass is 16.7. The second-order valence-electron chi connectivity index (χ2n) is 21.1. The largest absolute Gasteiger partial charge is 0.459 e. The Hall–Kier alpha value is -3.90. The van der Waals surface area contributed by atoms with E-state index in [0.717, 1.165) is 0 Å². The summed E-state index contributed by atoms with van der Waals surface area (Å²) in [6.07, 6.45) is -9.51. The number of methoxy groups -OCH3 is 2. The number of cyclic esters (lactones) is 1. The number of hydrogen-bond acceptors (Lipinski definition) is 18. The number of Topliss-reactive ketones (excluding diaryl/α,β-unsaturated/α-hetero) is 1. The molecule has 1 aromatic carbocycles. The van der Waals surface area contributed by atoms with E-state index in [2.05, 4.69) is 10.6 Å². The summed E-state index contributed by atoms with van der Waals surface area (Å²) in [5, 5.41) is 51.8. The van der Waals surface area contributed by atoms with Crippen LogP contribution in [-0.4, -0.2) is 175 Å². The van der Waals surface area contributed by atoms with Crippen LogP contribution in [0.25, 0.3) is 0 Å². The number of alkyl carbamates (subject to hydrolysis) is 1. The maximum atomic E-state index is 14.5. The van der Waals surface area contributed by atoms with Crippen molar-refractivity contribution in [1.82, 2.24) is 15.5 Å². The zero-order valence-electron chi connectivity index (χ0n) is 44.8. The minimum absolute atomic E-state index is 0.00820. The van der Waals surface area contributed by atoms with Crippen LogP contribution in [0.2, 0.25) is 0 Å². The van der Waals surface area contributed by atoms with Gasteiger partial charge in [-0.25, -0.2) is 4.79 Å². The number of carbonyl (C=O) groups is 4. The topological polar surface area (TPSA) is 273 Å². The molecule has 0 saturated carbocycles. The van der Waals surface area contributed by atoms with Gasteiger partial charge in [-0.15, -0.1) is 0 Å². The number of unbranched alkanes of at least 4 members (excludes halogenated alkanes) is 1. The van der Waals surface area contributed by atoms with E-state index in [9.17, 15) is 44.6 Å². The molecule has 0 aromatic heterocycles. The minimum Gasteiger partial charge on any atom is -0.459 e. The van der Waals surface area contributed by atoms with Crippen LogP contribution >= 0.6 is 0 Å². The van der Waals surface area contributed by atoms with Crippen LogP contribution in [0.3, 0.4) is 0 Å². The third kappa shape index (κ3) is 14.9. The van der Waals surface area contributed by atoms with Gasteiger partial charge in [0.1, 0.15) is 29.2 Å². The van der Waals surface area contributed by atoms with Gasteiger partial charge in [0.25, 0.3) is 5.69 Å². The summed E-state index contributed by atoms with van der Waals surface area (Å²) in [5.41, 5.74) is -4.14. The van der Waals surface area contributed by atoms with Gasteiger partial charge in [-0.2, -0.15) is 0 Å². The van der Waals surface area contributed by atoms with E-state index >= 15 is 0 Å². The first-order valence-electron chi connectivity index (χ1n) is 25.3. The number of rotatable bonds is 17. The Morgan fingerprint density at radius 3 is 2.12 bits per heavy atom. The van der Waals surface area contributed by atoms with Crippen LogP contribution in [0.5, 0.6) is 0 Å². The molecule has 18 atom stereocenters. The predicted octanol–water partition coefficient (Wildman–Crippen LogP) is 4.22. The van der Waals surface area contributed by atoms with E-state index in [1.54, 1.807) is 47.6 Å². The Bertz CT molecular complexity index is 1980. The highest BCUT2D eigenvalue weighted by molar-refractivity contribution is 5.83. The van der Waals surface area contributed by atoms with Gasteiger partial charge in [-0.05, 0) is 93.3 Å². The van der Waals surface area contributed by atoms with Gasteiger partial charge in [0.05, 0.1) is 53.4 Å². The summed E-state index contributed by atoms with van der Waals surface area (Å²) in [6.45, 7) is 17.4. The second-order valence-corrected chi connectivity index (χ2v) is 21.1. The number of benzene rings is 1. The first kappa shape index (κ1) is 60.7. The molecule has 0 spiro atoms. The molecule has 21 heteroatoms. The Morgan fingerprint density at radius 1 is 0.903 bits per heavy atom. The van der Waals surface area contributed by atoms with Crippen molar-refractivity contribution in [2.45, 2.75) is 198 Å². The summed E-state index contributed by atoms with van der Waals surface area (Å²) in [7, 11) is 6.67. The lowest BCUT2D eigenvalue weighted by atomic mass is 9.74. The number of hydrogen-bond donors (Lipinski definition) is 5. The molecule has 3 saturated heterocycles. The molecule has 1 aromatic rings. The van der Waals surface area contributed by atoms with Crippen LogP contribution in [-0.2, 0) is 58.7 Å². The zero-order valence-corrected chi connectivity index (χ0v) is 44.8.